The lowest BCUT2D eigenvalue weighted by atomic mass is 10.3. The highest BCUT2D eigenvalue weighted by atomic mass is 32.2. The molecule has 0 spiro atoms. The van der Waals surface area contributed by atoms with E-state index in [1.807, 2.05) is 49.4 Å². The zero-order chi connectivity index (χ0) is 16.1. The van der Waals surface area contributed by atoms with Crippen LogP contribution in [0.4, 0.5) is 5.82 Å². The van der Waals surface area contributed by atoms with Crippen molar-refractivity contribution in [3.63, 3.8) is 0 Å². The predicted molar refractivity (Wildman–Crippen MR) is 87.5 cm³/mol. The van der Waals surface area contributed by atoms with Gasteiger partial charge in [0.25, 0.3) is 0 Å². The number of hydrogen-bond acceptors (Lipinski definition) is 6. The summed E-state index contributed by atoms with van der Waals surface area (Å²) in [6, 6.07) is 13.2. The third kappa shape index (κ3) is 3.92. The Morgan fingerprint density at radius 1 is 1.26 bits per heavy atom. The van der Waals surface area contributed by atoms with Crippen molar-refractivity contribution < 1.29 is 4.79 Å². The molecule has 0 atom stereocenters. The lowest BCUT2D eigenvalue weighted by molar-refractivity contribution is -0.113. The Labute approximate surface area is 137 Å². The van der Waals surface area contributed by atoms with Crippen LogP contribution >= 0.6 is 11.8 Å². The maximum Gasteiger partial charge on any atom is 0.236 e. The van der Waals surface area contributed by atoms with Gasteiger partial charge in [-0.25, -0.2) is 4.98 Å². The van der Waals surface area contributed by atoms with E-state index in [-0.39, 0.29) is 11.7 Å². The Hall–Kier alpha value is -2.74. The second-order valence-electron chi connectivity index (χ2n) is 4.76. The molecule has 1 amide bonds. The molecule has 3 rings (SSSR count). The highest BCUT2D eigenvalue weighted by Crippen LogP contribution is 2.18. The third-order valence-corrected chi connectivity index (χ3v) is 3.88. The van der Waals surface area contributed by atoms with Crippen molar-refractivity contribution in [1.29, 1.82) is 0 Å². The van der Waals surface area contributed by atoms with Crippen LogP contribution in [0.25, 0.3) is 5.69 Å². The fraction of sp³-hybridized carbons (Fsp3) is 0.133. The van der Waals surface area contributed by atoms with E-state index in [2.05, 4.69) is 25.8 Å². The minimum absolute atomic E-state index is 0.157. The summed E-state index contributed by atoms with van der Waals surface area (Å²) in [5.74, 6) is 0.581. The van der Waals surface area contributed by atoms with Gasteiger partial charge in [-0.3, -0.25) is 4.79 Å². The maximum atomic E-state index is 12.0. The predicted octanol–water partition coefficient (Wildman–Crippen LogP) is 2.10. The standard InChI is InChI=1S/C15H14N6OS/c1-11-7-8-16-13(9-11)17-14(22)10-23-15-18-19-20-21(15)12-5-3-2-4-6-12/h2-9H,10H2,1H3,(H,16,17,22). The van der Waals surface area contributed by atoms with Crippen LogP contribution in [0.3, 0.4) is 0 Å². The van der Waals surface area contributed by atoms with Gasteiger partial charge in [0.05, 0.1) is 11.4 Å². The average molecular weight is 326 g/mol. The molecule has 2 heterocycles. The first-order chi connectivity index (χ1) is 11.2. The molecule has 0 bridgehead atoms. The molecule has 0 unspecified atom stereocenters. The van der Waals surface area contributed by atoms with E-state index in [0.29, 0.717) is 11.0 Å². The number of benzene rings is 1. The zero-order valence-electron chi connectivity index (χ0n) is 12.4. The van der Waals surface area contributed by atoms with Gasteiger partial charge in [-0.05, 0) is 47.2 Å². The van der Waals surface area contributed by atoms with Crippen LogP contribution in [0.5, 0.6) is 0 Å². The molecule has 0 saturated carbocycles. The van der Waals surface area contributed by atoms with E-state index in [1.165, 1.54) is 11.8 Å². The first kappa shape index (κ1) is 15.2. The molecule has 0 aliphatic carbocycles. The van der Waals surface area contributed by atoms with Gasteiger partial charge < -0.3 is 5.32 Å². The normalized spacial score (nSPS) is 10.5. The zero-order valence-corrected chi connectivity index (χ0v) is 13.2. The number of hydrogen-bond donors (Lipinski definition) is 1. The van der Waals surface area contributed by atoms with Crippen LogP contribution < -0.4 is 5.32 Å². The summed E-state index contributed by atoms with van der Waals surface area (Å²) in [6.45, 7) is 1.94. The number of anilines is 1. The summed E-state index contributed by atoms with van der Waals surface area (Å²) >= 11 is 1.27. The maximum absolute atomic E-state index is 12.0. The number of aryl methyl sites for hydroxylation is 1. The average Bonchev–Trinajstić information content (AvgIpc) is 3.02. The molecular weight excluding hydrogens is 312 g/mol. The Morgan fingerprint density at radius 2 is 2.09 bits per heavy atom. The molecule has 116 valence electrons. The van der Waals surface area contributed by atoms with Gasteiger partial charge in [0.15, 0.2) is 0 Å². The number of aromatic nitrogens is 5. The van der Waals surface area contributed by atoms with Gasteiger partial charge in [-0.15, -0.1) is 5.10 Å². The van der Waals surface area contributed by atoms with E-state index >= 15 is 0 Å². The molecular formula is C15H14N6OS. The first-order valence-electron chi connectivity index (χ1n) is 6.91. The van der Waals surface area contributed by atoms with Crippen molar-refractivity contribution in [3.05, 3.63) is 54.2 Å². The second-order valence-corrected chi connectivity index (χ2v) is 5.71. The van der Waals surface area contributed by atoms with Crippen molar-refractivity contribution >= 4 is 23.5 Å². The number of nitrogens with zero attached hydrogens (tertiary/aromatic N) is 5. The summed E-state index contributed by atoms with van der Waals surface area (Å²) < 4.78 is 1.60. The number of tetrazole rings is 1. The SMILES string of the molecule is Cc1ccnc(NC(=O)CSc2nnnn2-c2ccccc2)c1. The van der Waals surface area contributed by atoms with Crippen LogP contribution in [0.15, 0.2) is 53.8 Å². The topological polar surface area (TPSA) is 85.6 Å². The molecule has 0 saturated heterocycles. The van der Waals surface area contributed by atoms with Crippen molar-refractivity contribution in [3.8, 4) is 5.69 Å². The van der Waals surface area contributed by atoms with Crippen LogP contribution in [-0.4, -0.2) is 36.9 Å². The van der Waals surface area contributed by atoms with Crippen molar-refractivity contribution in [2.75, 3.05) is 11.1 Å². The molecule has 1 N–H and O–H groups in total. The summed E-state index contributed by atoms with van der Waals surface area (Å²) in [5.41, 5.74) is 1.89. The number of carbonyl (C=O) groups excluding carboxylic acids is 1. The molecule has 1 aromatic carbocycles. The Balaban J connectivity index is 1.63. The van der Waals surface area contributed by atoms with E-state index in [9.17, 15) is 4.79 Å². The monoisotopic (exact) mass is 326 g/mol. The summed E-state index contributed by atoms with van der Waals surface area (Å²) in [6.07, 6.45) is 1.66. The third-order valence-electron chi connectivity index (χ3n) is 2.96. The van der Waals surface area contributed by atoms with Crippen molar-refractivity contribution in [2.45, 2.75) is 12.1 Å². The van der Waals surface area contributed by atoms with Crippen molar-refractivity contribution in [2.24, 2.45) is 0 Å². The largest absolute Gasteiger partial charge is 0.310 e. The quantitative estimate of drug-likeness (QED) is 0.723. The van der Waals surface area contributed by atoms with Gasteiger partial charge in [0.1, 0.15) is 5.82 Å². The highest BCUT2D eigenvalue weighted by molar-refractivity contribution is 7.99. The number of carbonyl (C=O) groups is 1. The molecule has 0 aliphatic rings. The molecule has 8 heteroatoms. The fourth-order valence-electron chi connectivity index (χ4n) is 1.91. The summed E-state index contributed by atoms with van der Waals surface area (Å²) in [4.78, 5) is 16.1. The fourth-order valence-corrected chi connectivity index (χ4v) is 2.60. The van der Waals surface area contributed by atoms with Crippen LogP contribution in [0.2, 0.25) is 0 Å². The molecule has 0 aliphatic heterocycles. The molecule has 3 aromatic rings. The van der Waals surface area contributed by atoms with Gasteiger partial charge in [0, 0.05) is 6.20 Å². The lowest BCUT2D eigenvalue weighted by Crippen LogP contribution is -2.15. The van der Waals surface area contributed by atoms with E-state index < -0.39 is 0 Å². The summed E-state index contributed by atoms with van der Waals surface area (Å²) in [7, 11) is 0. The first-order valence-corrected chi connectivity index (χ1v) is 7.90. The lowest BCUT2D eigenvalue weighted by Gasteiger charge is -2.05. The Bertz CT molecular complexity index is 804. The molecule has 2 aromatic heterocycles. The number of nitrogens with one attached hydrogen (secondary N) is 1. The van der Waals surface area contributed by atoms with E-state index in [0.717, 1.165) is 11.3 Å². The number of pyridine rings is 1. The van der Waals surface area contributed by atoms with Gasteiger partial charge in [-0.1, -0.05) is 30.0 Å². The molecule has 23 heavy (non-hydrogen) atoms. The minimum Gasteiger partial charge on any atom is -0.310 e. The number of para-hydroxylation sites is 1. The van der Waals surface area contributed by atoms with Crippen molar-refractivity contribution in [1.82, 2.24) is 25.2 Å². The number of rotatable bonds is 5. The van der Waals surface area contributed by atoms with Gasteiger partial charge in [0.2, 0.25) is 11.1 Å². The van der Waals surface area contributed by atoms with Crippen LogP contribution in [0, 0.1) is 6.92 Å². The van der Waals surface area contributed by atoms with Crippen LogP contribution in [0.1, 0.15) is 5.56 Å². The van der Waals surface area contributed by atoms with E-state index in [1.54, 1.807) is 10.9 Å². The summed E-state index contributed by atoms with van der Waals surface area (Å²) in [5, 5.41) is 14.9. The van der Waals surface area contributed by atoms with Crippen LogP contribution in [-0.2, 0) is 4.79 Å². The molecule has 7 nitrogen and oxygen atoms in total. The number of amides is 1. The number of thioether (sulfide) groups is 1. The smallest absolute Gasteiger partial charge is 0.236 e. The Kier molecular flexibility index (Phi) is 4.62. The highest BCUT2D eigenvalue weighted by Gasteiger charge is 2.11. The van der Waals surface area contributed by atoms with Gasteiger partial charge >= 0.3 is 0 Å². The molecule has 0 radical (unpaired) electrons. The van der Waals surface area contributed by atoms with E-state index in [4.69, 9.17) is 0 Å². The second kappa shape index (κ2) is 7.01. The minimum atomic E-state index is -0.157. The molecule has 0 fully saturated rings. The van der Waals surface area contributed by atoms with Gasteiger partial charge in [-0.2, -0.15) is 4.68 Å². The Morgan fingerprint density at radius 3 is 2.87 bits per heavy atom.